The van der Waals surface area contributed by atoms with Gasteiger partial charge in [0.05, 0.1) is 5.69 Å². The number of anilines is 1. The summed E-state index contributed by atoms with van der Waals surface area (Å²) >= 11 is 3.30. The van der Waals surface area contributed by atoms with Crippen LogP contribution in [-0.4, -0.2) is 20.1 Å². The lowest BCUT2D eigenvalue weighted by atomic mass is 10.1. The molecule has 0 bridgehead atoms. The first-order chi connectivity index (χ1) is 13.4. The largest absolute Gasteiger partial charge is 0.488 e. The van der Waals surface area contributed by atoms with E-state index in [1.54, 1.807) is 36.4 Å². The van der Waals surface area contributed by atoms with Crippen molar-refractivity contribution in [1.29, 1.82) is 0 Å². The summed E-state index contributed by atoms with van der Waals surface area (Å²) in [6.45, 7) is -0.0884. The van der Waals surface area contributed by atoms with Gasteiger partial charge in [0.1, 0.15) is 29.2 Å². The van der Waals surface area contributed by atoms with E-state index in [2.05, 4.69) is 20.7 Å². The van der Waals surface area contributed by atoms with Crippen molar-refractivity contribution in [2.75, 3.05) is 11.3 Å². The fraction of sp³-hybridized carbons (Fsp3) is 0.100. The second-order valence-electron chi connectivity index (χ2n) is 5.91. The summed E-state index contributed by atoms with van der Waals surface area (Å²) in [5, 5.41) is 10.3. The molecule has 1 unspecified atom stereocenters. The van der Waals surface area contributed by atoms with Crippen molar-refractivity contribution in [3.63, 3.8) is 0 Å². The molecule has 5 nitrogen and oxygen atoms in total. The number of hydrogen-bond donors (Lipinski definition) is 2. The first-order valence-electron chi connectivity index (χ1n) is 8.29. The Morgan fingerprint density at radius 3 is 2.43 bits per heavy atom. The number of halogens is 2. The molecule has 0 saturated carbocycles. The van der Waals surface area contributed by atoms with Crippen LogP contribution in [0, 0.1) is 5.82 Å². The third kappa shape index (κ3) is 4.89. The van der Waals surface area contributed by atoms with E-state index in [0.29, 0.717) is 10.0 Å². The number of aliphatic hydroxyl groups excluding tert-OH is 1. The smallest absolute Gasteiger partial charge is 0.264 e. The quantitative estimate of drug-likeness (QED) is 0.538. The Labute approximate surface area is 171 Å². The van der Waals surface area contributed by atoms with E-state index in [4.69, 9.17) is 4.74 Å². The average Bonchev–Trinajstić information content (AvgIpc) is 2.68. The number of nitrogens with one attached hydrogen (secondary N) is 1. The Morgan fingerprint density at radius 1 is 1.04 bits per heavy atom. The minimum atomic E-state index is -4.15. The first kappa shape index (κ1) is 20.3. The third-order valence-electron chi connectivity index (χ3n) is 3.90. The van der Waals surface area contributed by atoms with Gasteiger partial charge in [0.2, 0.25) is 0 Å². The molecule has 0 amide bonds. The standard InChI is InChI=1S/C20H17BrFNO4S/c21-15-10-11-17(23-28(25,26)20-9-5-4-8-16(20)22)19(12-15)27-13-18(24)14-6-2-1-3-7-14/h1-12,18,23-24H,13H2. The summed E-state index contributed by atoms with van der Waals surface area (Å²) in [5.74, 6) is -0.654. The predicted molar refractivity (Wildman–Crippen MR) is 108 cm³/mol. The van der Waals surface area contributed by atoms with Crippen LogP contribution >= 0.6 is 15.9 Å². The van der Waals surface area contributed by atoms with Crippen LogP contribution in [0.3, 0.4) is 0 Å². The molecule has 2 N–H and O–H groups in total. The topological polar surface area (TPSA) is 75.6 Å². The molecular weight excluding hydrogens is 449 g/mol. The van der Waals surface area contributed by atoms with Crippen LogP contribution in [-0.2, 0) is 10.0 Å². The molecule has 0 aliphatic carbocycles. The van der Waals surface area contributed by atoms with Crippen molar-refractivity contribution in [2.24, 2.45) is 0 Å². The van der Waals surface area contributed by atoms with Crippen LogP contribution in [0.15, 0.2) is 82.2 Å². The maximum Gasteiger partial charge on any atom is 0.264 e. The normalized spacial score (nSPS) is 12.4. The molecule has 3 aromatic rings. The van der Waals surface area contributed by atoms with Gasteiger partial charge in [0.15, 0.2) is 0 Å². The molecule has 0 spiro atoms. The van der Waals surface area contributed by atoms with Gasteiger partial charge in [-0.25, -0.2) is 12.8 Å². The number of benzene rings is 3. The van der Waals surface area contributed by atoms with Gasteiger partial charge in [-0.15, -0.1) is 0 Å². The van der Waals surface area contributed by atoms with E-state index in [1.165, 1.54) is 24.3 Å². The van der Waals surface area contributed by atoms with Crippen molar-refractivity contribution in [3.8, 4) is 5.75 Å². The van der Waals surface area contributed by atoms with Gasteiger partial charge >= 0.3 is 0 Å². The Hall–Kier alpha value is -2.42. The van der Waals surface area contributed by atoms with Gasteiger partial charge in [-0.3, -0.25) is 4.72 Å². The van der Waals surface area contributed by atoms with E-state index in [-0.39, 0.29) is 18.0 Å². The molecule has 0 heterocycles. The van der Waals surface area contributed by atoms with Crippen molar-refractivity contribution < 1.29 is 22.7 Å². The van der Waals surface area contributed by atoms with Gasteiger partial charge in [-0.1, -0.05) is 58.4 Å². The summed E-state index contributed by atoms with van der Waals surface area (Å²) < 4.78 is 47.6. The highest BCUT2D eigenvalue weighted by Gasteiger charge is 2.21. The van der Waals surface area contributed by atoms with Gasteiger partial charge in [0.25, 0.3) is 10.0 Å². The maximum absolute atomic E-state index is 13.9. The highest BCUT2D eigenvalue weighted by atomic mass is 79.9. The van der Waals surface area contributed by atoms with Crippen molar-refractivity contribution in [2.45, 2.75) is 11.0 Å². The van der Waals surface area contributed by atoms with Crippen LogP contribution in [0.5, 0.6) is 5.75 Å². The fourth-order valence-corrected chi connectivity index (χ4v) is 3.99. The molecule has 3 rings (SSSR count). The van der Waals surface area contributed by atoms with E-state index in [1.807, 2.05) is 6.07 Å². The summed E-state index contributed by atoms with van der Waals surface area (Å²) in [6.07, 6.45) is -0.892. The first-order valence-corrected chi connectivity index (χ1v) is 10.6. The van der Waals surface area contributed by atoms with Crippen LogP contribution in [0.4, 0.5) is 10.1 Å². The summed E-state index contributed by atoms with van der Waals surface area (Å²) in [6, 6.07) is 18.7. The Bertz CT molecular complexity index is 1060. The summed E-state index contributed by atoms with van der Waals surface area (Å²) in [5.41, 5.74) is 0.803. The molecule has 0 radical (unpaired) electrons. The van der Waals surface area contributed by atoms with Gasteiger partial charge < -0.3 is 9.84 Å². The molecule has 1 atom stereocenters. The molecular formula is C20H17BrFNO4S. The van der Waals surface area contributed by atoms with Crippen molar-refractivity contribution in [3.05, 3.63) is 88.6 Å². The lowest BCUT2D eigenvalue weighted by molar-refractivity contribution is 0.108. The van der Waals surface area contributed by atoms with Gasteiger partial charge in [-0.2, -0.15) is 0 Å². The van der Waals surface area contributed by atoms with Gasteiger partial charge in [-0.05, 0) is 35.9 Å². The summed E-state index contributed by atoms with van der Waals surface area (Å²) in [4.78, 5) is -0.465. The summed E-state index contributed by atoms with van der Waals surface area (Å²) in [7, 11) is -4.15. The van der Waals surface area contributed by atoms with Crippen molar-refractivity contribution >= 4 is 31.6 Å². The zero-order valence-corrected chi connectivity index (χ0v) is 17.0. The fourth-order valence-electron chi connectivity index (χ4n) is 2.50. The number of rotatable bonds is 7. The number of aliphatic hydroxyl groups is 1. The lowest BCUT2D eigenvalue weighted by Gasteiger charge is -2.17. The van der Waals surface area contributed by atoms with Crippen LogP contribution in [0.2, 0.25) is 0 Å². The SMILES string of the molecule is O=S(=O)(Nc1ccc(Br)cc1OCC(O)c1ccccc1)c1ccccc1F. The second-order valence-corrected chi connectivity index (χ2v) is 8.48. The highest BCUT2D eigenvalue weighted by molar-refractivity contribution is 9.10. The number of sulfonamides is 1. The molecule has 0 aromatic heterocycles. The zero-order valence-electron chi connectivity index (χ0n) is 14.5. The van der Waals surface area contributed by atoms with Crippen LogP contribution in [0.25, 0.3) is 0 Å². The zero-order chi connectivity index (χ0) is 20.1. The Kier molecular flexibility index (Phi) is 6.33. The molecule has 146 valence electrons. The molecule has 0 fully saturated rings. The number of ether oxygens (including phenoxy) is 1. The average molecular weight is 466 g/mol. The minimum Gasteiger partial charge on any atom is -0.488 e. The Morgan fingerprint density at radius 2 is 1.71 bits per heavy atom. The van der Waals surface area contributed by atoms with Crippen LogP contribution in [0.1, 0.15) is 11.7 Å². The molecule has 0 aliphatic heterocycles. The third-order valence-corrected chi connectivity index (χ3v) is 5.79. The highest BCUT2D eigenvalue weighted by Crippen LogP contribution is 2.31. The number of hydrogen-bond acceptors (Lipinski definition) is 4. The molecule has 8 heteroatoms. The molecule has 28 heavy (non-hydrogen) atoms. The Balaban J connectivity index is 1.82. The monoisotopic (exact) mass is 465 g/mol. The van der Waals surface area contributed by atoms with E-state index in [0.717, 1.165) is 6.07 Å². The second kappa shape index (κ2) is 8.72. The van der Waals surface area contributed by atoms with E-state index >= 15 is 0 Å². The minimum absolute atomic E-state index is 0.0884. The van der Waals surface area contributed by atoms with Crippen LogP contribution < -0.4 is 9.46 Å². The molecule has 0 saturated heterocycles. The van der Waals surface area contributed by atoms with E-state index in [9.17, 15) is 17.9 Å². The van der Waals surface area contributed by atoms with Gasteiger partial charge in [0, 0.05) is 4.47 Å². The van der Waals surface area contributed by atoms with Crippen molar-refractivity contribution in [1.82, 2.24) is 0 Å². The predicted octanol–water partition coefficient (Wildman–Crippen LogP) is 4.50. The maximum atomic E-state index is 13.9. The molecule has 0 aliphatic rings. The molecule has 3 aromatic carbocycles. The van der Waals surface area contributed by atoms with E-state index < -0.39 is 26.8 Å². The lowest BCUT2D eigenvalue weighted by Crippen LogP contribution is -2.16.